The summed E-state index contributed by atoms with van der Waals surface area (Å²) < 4.78 is 5.51. The first kappa shape index (κ1) is 19.5. The van der Waals surface area contributed by atoms with E-state index in [1.54, 1.807) is 0 Å². The smallest absolute Gasteiger partial charge is 0.285 e. The van der Waals surface area contributed by atoms with Gasteiger partial charge in [0.2, 0.25) is 0 Å². The van der Waals surface area contributed by atoms with E-state index in [0.717, 1.165) is 28.5 Å². The fraction of sp³-hybridized carbons (Fsp3) is 0.136. The van der Waals surface area contributed by atoms with Crippen LogP contribution in [0.4, 0.5) is 11.4 Å². The van der Waals surface area contributed by atoms with Gasteiger partial charge in [-0.05, 0) is 61.9 Å². The molecule has 0 aromatic heterocycles. The molecule has 0 heterocycles. The second-order valence-electron chi connectivity index (χ2n) is 5.76. The summed E-state index contributed by atoms with van der Waals surface area (Å²) >= 11 is 0. The number of nitrogens with one attached hydrogen (secondary N) is 2. The first-order valence-electron chi connectivity index (χ1n) is 8.51. The monoisotopic (exact) mass is 366 g/mol. The van der Waals surface area contributed by atoms with Gasteiger partial charge in [-0.25, -0.2) is 10.3 Å². The molecule has 0 spiro atoms. The molecule has 0 amide bonds. The largest absolute Gasteiger partial charge is 1.00 e. The number of ether oxygens (including phenoxy) is 1. The molecule has 3 rings (SSSR count). The molecule has 0 radical (unpaired) electrons. The Kier molecular flexibility index (Phi) is 7.24. The number of hydrogen-bond donors (Lipinski definition) is 2. The summed E-state index contributed by atoms with van der Waals surface area (Å²) in [4.78, 5) is 3.53. The molecule has 0 saturated carbocycles. The third-order valence-electron chi connectivity index (χ3n) is 3.90. The number of para-hydroxylation sites is 1. The number of halogens is 1. The molecule has 4 heteroatoms. The maximum absolute atomic E-state index is 5.51. The summed E-state index contributed by atoms with van der Waals surface area (Å²) in [6.07, 6.45) is 0. The zero-order valence-electron chi connectivity index (χ0n) is 15.0. The molecule has 134 valence electrons. The quantitative estimate of drug-likeness (QED) is 0.514. The molecule has 3 nitrogen and oxygen atoms in total. The van der Waals surface area contributed by atoms with Gasteiger partial charge in [0.15, 0.2) is 0 Å². The average Bonchev–Trinajstić information content (AvgIpc) is 2.65. The van der Waals surface area contributed by atoms with Crippen molar-refractivity contribution in [3.8, 4) is 5.75 Å². The third-order valence-corrected chi connectivity index (χ3v) is 3.90. The molecule has 0 unspecified atom stereocenters. The van der Waals surface area contributed by atoms with Gasteiger partial charge in [0.05, 0.1) is 12.2 Å². The van der Waals surface area contributed by atoms with E-state index >= 15 is 0 Å². The molecule has 0 fully saturated rings. The zero-order chi connectivity index (χ0) is 17.5. The molecule has 0 aliphatic heterocycles. The number of hydrogen-bond acceptors (Lipinski definition) is 1. The molecule has 2 N–H and O–H groups in total. The van der Waals surface area contributed by atoms with Crippen molar-refractivity contribution in [2.45, 2.75) is 13.8 Å². The van der Waals surface area contributed by atoms with Crippen LogP contribution in [-0.2, 0) is 0 Å². The fourth-order valence-electron chi connectivity index (χ4n) is 2.57. The van der Waals surface area contributed by atoms with Gasteiger partial charge in [-0.2, -0.15) is 0 Å². The van der Waals surface area contributed by atoms with Gasteiger partial charge in [0.1, 0.15) is 17.1 Å². The molecule has 0 atom stereocenters. The van der Waals surface area contributed by atoms with Crippen LogP contribution in [-0.4, -0.2) is 12.4 Å². The van der Waals surface area contributed by atoms with Crippen molar-refractivity contribution in [3.63, 3.8) is 0 Å². The van der Waals surface area contributed by atoms with E-state index in [9.17, 15) is 0 Å². The first-order valence-corrected chi connectivity index (χ1v) is 8.51. The normalized spacial score (nSPS) is 10.8. The van der Waals surface area contributed by atoms with E-state index < -0.39 is 0 Å². The minimum atomic E-state index is 0. The van der Waals surface area contributed by atoms with E-state index in [2.05, 4.69) is 41.5 Å². The molecule has 0 bridgehead atoms. The topological polar surface area (TPSA) is 35.2 Å². The summed E-state index contributed by atoms with van der Waals surface area (Å²) in [5.41, 5.74) is 4.38. The Morgan fingerprint density at radius 3 is 2.19 bits per heavy atom. The minimum Gasteiger partial charge on any atom is -1.00 e. The van der Waals surface area contributed by atoms with Crippen LogP contribution in [0.3, 0.4) is 0 Å². The maximum atomic E-state index is 5.51. The Hall–Kier alpha value is -2.78. The second kappa shape index (κ2) is 9.64. The minimum absolute atomic E-state index is 0. The first-order chi connectivity index (χ1) is 12.3. The highest BCUT2D eigenvalue weighted by atomic mass is 35.5. The molecule has 0 aliphatic rings. The van der Waals surface area contributed by atoms with E-state index in [1.165, 1.54) is 5.56 Å². The van der Waals surface area contributed by atoms with Crippen molar-refractivity contribution in [3.05, 3.63) is 90.0 Å². The number of amidine groups is 1. The summed E-state index contributed by atoms with van der Waals surface area (Å²) in [5, 5.41) is 3.49. The van der Waals surface area contributed by atoms with Gasteiger partial charge >= 0.3 is 0 Å². The highest BCUT2D eigenvalue weighted by molar-refractivity contribution is 6.04. The van der Waals surface area contributed by atoms with Gasteiger partial charge in [-0.1, -0.05) is 36.4 Å². The van der Waals surface area contributed by atoms with Gasteiger partial charge in [0.25, 0.3) is 5.84 Å². The van der Waals surface area contributed by atoms with Crippen LogP contribution in [0.25, 0.3) is 0 Å². The van der Waals surface area contributed by atoms with Crippen LogP contribution < -0.4 is 27.5 Å². The van der Waals surface area contributed by atoms with E-state index in [4.69, 9.17) is 4.74 Å². The predicted molar refractivity (Wildman–Crippen MR) is 104 cm³/mol. The summed E-state index contributed by atoms with van der Waals surface area (Å²) in [6, 6.07) is 26.5. The average molecular weight is 367 g/mol. The molecule has 0 saturated heterocycles. The predicted octanol–water partition coefficient (Wildman–Crippen LogP) is 0.669. The SMILES string of the molecule is CCOc1ccc(NC(=[NH+]c2ccccc2C)c2ccccc2)cc1.[Cl-]. The van der Waals surface area contributed by atoms with Gasteiger partial charge < -0.3 is 17.1 Å². The third kappa shape index (κ3) is 5.11. The summed E-state index contributed by atoms with van der Waals surface area (Å²) in [7, 11) is 0. The van der Waals surface area contributed by atoms with Crippen LogP contribution >= 0.6 is 0 Å². The van der Waals surface area contributed by atoms with Crippen LogP contribution in [0.1, 0.15) is 18.1 Å². The Bertz CT molecular complexity index is 846. The molecular formula is C22H23ClN2O. The molecular weight excluding hydrogens is 344 g/mol. The summed E-state index contributed by atoms with van der Waals surface area (Å²) in [6.45, 7) is 4.75. The second-order valence-corrected chi connectivity index (χ2v) is 5.76. The van der Waals surface area contributed by atoms with Gasteiger partial charge in [0, 0.05) is 0 Å². The molecule has 3 aromatic carbocycles. The van der Waals surface area contributed by atoms with Gasteiger partial charge in [-0.15, -0.1) is 0 Å². The highest BCUT2D eigenvalue weighted by Gasteiger charge is 2.12. The molecule has 0 aliphatic carbocycles. The van der Waals surface area contributed by atoms with Crippen molar-refractivity contribution < 1.29 is 22.1 Å². The lowest BCUT2D eigenvalue weighted by molar-refractivity contribution is -0.353. The Morgan fingerprint density at radius 2 is 1.54 bits per heavy atom. The lowest BCUT2D eigenvalue weighted by Gasteiger charge is -2.06. The lowest BCUT2D eigenvalue weighted by atomic mass is 10.1. The molecule has 26 heavy (non-hydrogen) atoms. The van der Waals surface area contributed by atoms with Crippen LogP contribution in [0, 0.1) is 6.92 Å². The standard InChI is InChI=1S/C22H22N2O.ClH/c1-3-25-20-15-13-19(14-16-20)23-22(18-10-5-4-6-11-18)24-21-12-8-7-9-17(21)2;/h4-16H,3H2,1-2H3,(H,23,24);1H. The zero-order valence-corrected chi connectivity index (χ0v) is 15.8. The number of aryl methyl sites for hydroxylation is 1. The number of rotatable bonds is 5. The van der Waals surface area contributed by atoms with Crippen molar-refractivity contribution >= 4 is 17.2 Å². The fourth-order valence-corrected chi connectivity index (χ4v) is 2.57. The van der Waals surface area contributed by atoms with E-state index in [-0.39, 0.29) is 12.4 Å². The Morgan fingerprint density at radius 1 is 0.885 bits per heavy atom. The maximum Gasteiger partial charge on any atom is 0.285 e. The van der Waals surface area contributed by atoms with E-state index in [0.29, 0.717) is 6.61 Å². The summed E-state index contributed by atoms with van der Waals surface area (Å²) in [5.74, 6) is 1.82. The highest BCUT2D eigenvalue weighted by Crippen LogP contribution is 2.16. The molecule has 3 aromatic rings. The van der Waals surface area contributed by atoms with Crippen molar-refractivity contribution in [2.24, 2.45) is 0 Å². The van der Waals surface area contributed by atoms with Crippen molar-refractivity contribution in [1.29, 1.82) is 0 Å². The van der Waals surface area contributed by atoms with Crippen LogP contribution in [0.5, 0.6) is 5.75 Å². The number of benzene rings is 3. The van der Waals surface area contributed by atoms with Crippen LogP contribution in [0.2, 0.25) is 0 Å². The lowest BCUT2D eigenvalue weighted by Crippen LogP contribution is -3.00. The van der Waals surface area contributed by atoms with Crippen molar-refractivity contribution in [1.82, 2.24) is 0 Å². The van der Waals surface area contributed by atoms with Crippen molar-refractivity contribution in [2.75, 3.05) is 11.9 Å². The Labute approximate surface area is 161 Å². The van der Waals surface area contributed by atoms with Crippen LogP contribution in [0.15, 0.2) is 78.9 Å². The Balaban J connectivity index is 0.00000243. The number of anilines is 1. The van der Waals surface area contributed by atoms with Gasteiger partial charge in [-0.3, -0.25) is 0 Å². The van der Waals surface area contributed by atoms with E-state index in [1.807, 2.05) is 61.5 Å².